The van der Waals surface area contributed by atoms with Crippen LogP contribution in [0.1, 0.15) is 45.6 Å². The molecule has 0 aliphatic carbocycles. The number of rotatable bonds is 13. The highest BCUT2D eigenvalue weighted by Crippen LogP contribution is 2.14. The molecule has 0 saturated heterocycles. The lowest BCUT2D eigenvalue weighted by atomic mass is 10.2. The lowest BCUT2D eigenvalue weighted by Crippen LogP contribution is -2.41. The molecule has 39 heavy (non-hydrogen) atoms. The van der Waals surface area contributed by atoms with Gasteiger partial charge in [0.1, 0.15) is 0 Å². The third kappa shape index (κ3) is 9.32. The Morgan fingerprint density at radius 1 is 0.513 bits per heavy atom. The van der Waals surface area contributed by atoms with Gasteiger partial charge in [0, 0.05) is 69.2 Å². The van der Waals surface area contributed by atoms with Crippen LogP contribution in [0.3, 0.4) is 0 Å². The van der Waals surface area contributed by atoms with Crippen LogP contribution in [0, 0.1) is 27.7 Å². The Bertz CT molecular complexity index is 1150. The van der Waals surface area contributed by atoms with Crippen LogP contribution in [0.15, 0.2) is 72.8 Å². The van der Waals surface area contributed by atoms with Crippen LogP contribution < -0.4 is 0 Å². The van der Waals surface area contributed by atoms with Crippen LogP contribution in [0.5, 0.6) is 0 Å². The Balaban J connectivity index is 1.54. The third-order valence-electron chi connectivity index (χ3n) is 6.58. The number of nitrogens with zero attached hydrogens (tertiary/aromatic N) is 6. The molecule has 4 rings (SSSR count). The van der Waals surface area contributed by atoms with Gasteiger partial charge in [0.25, 0.3) is 0 Å². The summed E-state index contributed by atoms with van der Waals surface area (Å²) in [7, 11) is 1.80. The van der Waals surface area contributed by atoms with Gasteiger partial charge in [-0.25, -0.2) is 0 Å². The molecule has 0 bridgehead atoms. The zero-order valence-corrected chi connectivity index (χ0v) is 23.8. The number of ether oxygens (including phenoxy) is 1. The van der Waals surface area contributed by atoms with Crippen molar-refractivity contribution in [2.24, 2.45) is 0 Å². The Morgan fingerprint density at radius 3 is 1.03 bits per heavy atom. The van der Waals surface area contributed by atoms with Gasteiger partial charge in [0.15, 0.2) is 0 Å². The molecule has 7 heteroatoms. The quantitative estimate of drug-likeness (QED) is 0.238. The maximum atomic E-state index is 6.09. The summed E-state index contributed by atoms with van der Waals surface area (Å²) in [4.78, 5) is 23.8. The molecule has 0 atom stereocenters. The minimum absolute atomic E-state index is 0.0331. The fraction of sp³-hybridized carbons (Fsp3) is 0.375. The van der Waals surface area contributed by atoms with E-state index in [9.17, 15) is 0 Å². The monoisotopic (exact) mass is 524 g/mol. The lowest BCUT2D eigenvalue weighted by molar-refractivity contribution is 0.0257. The van der Waals surface area contributed by atoms with Crippen LogP contribution in [0.25, 0.3) is 0 Å². The molecule has 0 aliphatic heterocycles. The third-order valence-corrected chi connectivity index (χ3v) is 6.58. The summed E-state index contributed by atoms with van der Waals surface area (Å²) in [5.74, 6) is 0. The second-order valence-corrected chi connectivity index (χ2v) is 10.3. The van der Waals surface area contributed by atoms with Crippen LogP contribution in [0.4, 0.5) is 0 Å². The van der Waals surface area contributed by atoms with E-state index >= 15 is 0 Å². The standard InChI is InChI=1S/C32H40N6O/c1-24-10-6-14-28(33-24)18-37(19-29-15-7-11-25(2)34-29)22-32(39-5)23-38(20-30-16-8-12-26(3)35-30)21-31-17-9-13-27(4)36-31/h6-17,32H,18-23H2,1-5H3. The molecule has 0 aliphatic rings. The molecule has 7 nitrogen and oxygen atoms in total. The van der Waals surface area contributed by atoms with Gasteiger partial charge in [-0.2, -0.15) is 0 Å². The Labute approximate surface area is 232 Å². The van der Waals surface area contributed by atoms with E-state index in [1.165, 1.54) is 0 Å². The second kappa shape index (κ2) is 14.0. The summed E-state index contributed by atoms with van der Waals surface area (Å²) in [6.45, 7) is 12.5. The van der Waals surface area contributed by atoms with E-state index in [2.05, 4.69) is 58.3 Å². The average molecular weight is 525 g/mol. The van der Waals surface area contributed by atoms with Crippen molar-refractivity contribution in [3.63, 3.8) is 0 Å². The summed E-state index contributed by atoms with van der Waals surface area (Å²) < 4.78 is 6.09. The molecule has 0 N–H and O–H groups in total. The molecule has 0 fully saturated rings. The molecule has 0 aromatic carbocycles. The predicted molar refractivity (Wildman–Crippen MR) is 155 cm³/mol. The van der Waals surface area contributed by atoms with Crippen molar-refractivity contribution in [1.29, 1.82) is 0 Å². The van der Waals surface area contributed by atoms with Crippen molar-refractivity contribution in [1.82, 2.24) is 29.7 Å². The van der Waals surface area contributed by atoms with Crippen LogP contribution in [0.2, 0.25) is 0 Å². The highest BCUT2D eigenvalue weighted by Gasteiger charge is 2.20. The van der Waals surface area contributed by atoms with Crippen LogP contribution in [-0.2, 0) is 30.9 Å². The number of hydrogen-bond donors (Lipinski definition) is 0. The van der Waals surface area contributed by atoms with Gasteiger partial charge in [0.05, 0.1) is 28.9 Å². The fourth-order valence-corrected chi connectivity index (χ4v) is 4.82. The SMILES string of the molecule is COC(CN(Cc1cccc(C)n1)Cc1cccc(C)n1)CN(Cc1cccc(C)n1)Cc1cccc(C)n1. The van der Waals surface area contributed by atoms with Crippen molar-refractivity contribution < 1.29 is 4.74 Å². The molecule has 204 valence electrons. The highest BCUT2D eigenvalue weighted by molar-refractivity contribution is 5.14. The van der Waals surface area contributed by atoms with Crippen LogP contribution in [-0.4, -0.2) is 56.0 Å². The number of hydrogen-bond acceptors (Lipinski definition) is 7. The number of aromatic nitrogens is 4. The van der Waals surface area contributed by atoms with Gasteiger partial charge in [-0.15, -0.1) is 0 Å². The summed E-state index contributed by atoms with van der Waals surface area (Å²) in [5.41, 5.74) is 8.26. The van der Waals surface area contributed by atoms with E-state index in [0.717, 1.165) is 84.8 Å². The molecule has 4 heterocycles. The molecule has 4 aromatic heterocycles. The summed E-state index contributed by atoms with van der Waals surface area (Å²) in [5, 5.41) is 0. The van der Waals surface area contributed by atoms with Gasteiger partial charge < -0.3 is 4.74 Å². The Morgan fingerprint density at radius 2 is 0.795 bits per heavy atom. The van der Waals surface area contributed by atoms with E-state index in [0.29, 0.717) is 0 Å². The predicted octanol–water partition coefficient (Wildman–Crippen LogP) is 5.22. The van der Waals surface area contributed by atoms with Crippen LogP contribution >= 0.6 is 0 Å². The van der Waals surface area contributed by atoms with E-state index in [4.69, 9.17) is 24.7 Å². The molecule has 0 radical (unpaired) electrons. The minimum atomic E-state index is -0.0331. The fourth-order valence-electron chi connectivity index (χ4n) is 4.82. The zero-order chi connectivity index (χ0) is 27.6. The second-order valence-electron chi connectivity index (χ2n) is 10.3. The summed E-state index contributed by atoms with van der Waals surface area (Å²) in [6.07, 6.45) is -0.0331. The largest absolute Gasteiger partial charge is 0.379 e. The van der Waals surface area contributed by atoms with Gasteiger partial charge >= 0.3 is 0 Å². The Kier molecular flexibility index (Phi) is 10.3. The molecule has 0 unspecified atom stereocenters. The van der Waals surface area contributed by atoms with Crippen molar-refractivity contribution in [2.75, 3.05) is 20.2 Å². The van der Waals surface area contributed by atoms with E-state index in [1.54, 1.807) is 7.11 Å². The molecular formula is C32H40N6O. The van der Waals surface area contributed by atoms with Crippen molar-refractivity contribution in [3.05, 3.63) is 118 Å². The first-order valence-electron chi connectivity index (χ1n) is 13.5. The summed E-state index contributed by atoms with van der Waals surface area (Å²) in [6, 6.07) is 24.8. The first-order chi connectivity index (χ1) is 18.9. The molecule has 0 amide bonds. The van der Waals surface area contributed by atoms with Gasteiger partial charge in [-0.05, 0) is 76.2 Å². The van der Waals surface area contributed by atoms with Crippen molar-refractivity contribution in [3.8, 4) is 0 Å². The van der Waals surface area contributed by atoms with Gasteiger partial charge in [-0.3, -0.25) is 29.7 Å². The maximum Gasteiger partial charge on any atom is 0.0825 e. The number of methoxy groups -OCH3 is 1. The first kappa shape index (κ1) is 28.5. The molecular weight excluding hydrogens is 484 g/mol. The maximum absolute atomic E-state index is 6.09. The average Bonchev–Trinajstić information content (AvgIpc) is 2.88. The number of aryl methyl sites for hydroxylation is 4. The first-order valence-corrected chi connectivity index (χ1v) is 13.5. The summed E-state index contributed by atoms with van der Waals surface area (Å²) >= 11 is 0. The molecule has 0 spiro atoms. The number of pyridine rings is 4. The zero-order valence-electron chi connectivity index (χ0n) is 23.8. The normalized spacial score (nSPS) is 11.6. The van der Waals surface area contributed by atoms with E-state index < -0.39 is 0 Å². The lowest BCUT2D eigenvalue weighted by Gasteiger charge is -2.31. The smallest absolute Gasteiger partial charge is 0.0825 e. The minimum Gasteiger partial charge on any atom is -0.379 e. The topological polar surface area (TPSA) is 67.3 Å². The molecule has 0 saturated carbocycles. The van der Waals surface area contributed by atoms with Gasteiger partial charge in [0.2, 0.25) is 0 Å². The van der Waals surface area contributed by atoms with E-state index in [-0.39, 0.29) is 6.10 Å². The van der Waals surface area contributed by atoms with E-state index in [1.807, 2.05) is 52.0 Å². The van der Waals surface area contributed by atoms with Gasteiger partial charge in [-0.1, -0.05) is 24.3 Å². The molecule has 4 aromatic rings. The van der Waals surface area contributed by atoms with Crippen molar-refractivity contribution >= 4 is 0 Å². The van der Waals surface area contributed by atoms with Crippen molar-refractivity contribution in [2.45, 2.75) is 60.0 Å². The Hall–Kier alpha value is -3.52. The highest BCUT2D eigenvalue weighted by atomic mass is 16.5.